The van der Waals surface area contributed by atoms with Gasteiger partial charge >= 0.3 is 0 Å². The summed E-state index contributed by atoms with van der Waals surface area (Å²) >= 11 is 6.18. The first-order valence-corrected chi connectivity index (χ1v) is 5.34. The Bertz CT molecular complexity index is 309. The predicted molar refractivity (Wildman–Crippen MR) is 55.2 cm³/mol. The molecule has 1 aromatic rings. The summed E-state index contributed by atoms with van der Waals surface area (Å²) in [6, 6.07) is 1.91. The molecular formula is C11H14ClN. The highest BCUT2D eigenvalue weighted by Crippen LogP contribution is 2.36. The number of fused-ring (bicyclic) bond motifs is 1. The van der Waals surface area contributed by atoms with E-state index in [0.717, 1.165) is 11.4 Å². The van der Waals surface area contributed by atoms with Crippen molar-refractivity contribution in [3.63, 3.8) is 0 Å². The molecule has 13 heavy (non-hydrogen) atoms. The summed E-state index contributed by atoms with van der Waals surface area (Å²) in [4.78, 5) is 4.39. The molecule has 1 aromatic heterocycles. The summed E-state index contributed by atoms with van der Waals surface area (Å²) in [5.74, 6) is 0.643. The van der Waals surface area contributed by atoms with Crippen LogP contribution in [0.3, 0.4) is 0 Å². The zero-order valence-corrected chi connectivity index (χ0v) is 8.64. The number of nitrogens with zero attached hydrogens (tertiary/aromatic N) is 1. The summed E-state index contributed by atoms with van der Waals surface area (Å²) in [6.45, 7) is 2.23. The number of aromatic nitrogens is 1. The van der Waals surface area contributed by atoms with E-state index < -0.39 is 0 Å². The lowest BCUT2D eigenvalue weighted by Crippen LogP contribution is -2.11. The zero-order chi connectivity index (χ0) is 9.26. The second kappa shape index (κ2) is 3.67. The lowest BCUT2D eigenvalue weighted by Gasteiger charge is -2.24. The third-order valence-electron chi connectivity index (χ3n) is 2.89. The van der Waals surface area contributed by atoms with Crippen molar-refractivity contribution in [3.05, 3.63) is 28.5 Å². The van der Waals surface area contributed by atoms with Gasteiger partial charge in [0.05, 0.1) is 0 Å². The van der Waals surface area contributed by atoms with Crippen LogP contribution >= 0.6 is 11.6 Å². The maximum Gasteiger partial charge on any atom is 0.0474 e. The second-order valence-corrected chi connectivity index (χ2v) is 4.06. The van der Waals surface area contributed by atoms with Crippen LogP contribution in [0.2, 0.25) is 5.02 Å². The highest BCUT2D eigenvalue weighted by Gasteiger charge is 2.21. The number of hydrogen-bond acceptors (Lipinski definition) is 1. The van der Waals surface area contributed by atoms with E-state index in [9.17, 15) is 0 Å². The SMILES string of the molecule is CCC1CCCc2nccc(Cl)c21. The standard InChI is InChI=1S/C11H14ClN/c1-2-8-4-3-5-10-11(8)9(12)6-7-13-10/h6-8H,2-5H2,1H3. The van der Waals surface area contributed by atoms with Crippen molar-refractivity contribution in [1.82, 2.24) is 4.98 Å². The summed E-state index contributed by atoms with van der Waals surface area (Å²) < 4.78 is 0. The molecule has 1 heterocycles. The van der Waals surface area contributed by atoms with Crippen LogP contribution in [0.4, 0.5) is 0 Å². The van der Waals surface area contributed by atoms with E-state index in [1.54, 1.807) is 0 Å². The van der Waals surface area contributed by atoms with Gasteiger partial charge in [0.2, 0.25) is 0 Å². The summed E-state index contributed by atoms with van der Waals surface area (Å²) in [5, 5.41) is 0.913. The highest BCUT2D eigenvalue weighted by molar-refractivity contribution is 6.31. The largest absolute Gasteiger partial charge is 0.261 e. The van der Waals surface area contributed by atoms with Crippen molar-refractivity contribution in [2.75, 3.05) is 0 Å². The van der Waals surface area contributed by atoms with Crippen LogP contribution in [0.1, 0.15) is 43.4 Å². The molecule has 1 aliphatic carbocycles. The Morgan fingerprint density at radius 3 is 3.23 bits per heavy atom. The van der Waals surface area contributed by atoms with E-state index in [4.69, 9.17) is 11.6 Å². The molecule has 0 bridgehead atoms. The minimum absolute atomic E-state index is 0.643. The van der Waals surface area contributed by atoms with Gasteiger partial charge in [-0.1, -0.05) is 18.5 Å². The van der Waals surface area contributed by atoms with Gasteiger partial charge in [0.15, 0.2) is 0 Å². The molecule has 2 rings (SSSR count). The number of rotatable bonds is 1. The molecule has 1 aliphatic rings. The molecule has 0 N–H and O–H groups in total. The van der Waals surface area contributed by atoms with Crippen LogP contribution in [-0.4, -0.2) is 4.98 Å². The predicted octanol–water partition coefficient (Wildman–Crippen LogP) is 3.56. The Morgan fingerprint density at radius 2 is 2.46 bits per heavy atom. The highest BCUT2D eigenvalue weighted by atomic mass is 35.5. The molecular weight excluding hydrogens is 182 g/mol. The Hall–Kier alpha value is -0.560. The molecule has 0 spiro atoms. The Balaban J connectivity index is 2.47. The van der Waals surface area contributed by atoms with Gasteiger partial charge in [-0.05, 0) is 43.2 Å². The fourth-order valence-electron chi connectivity index (χ4n) is 2.19. The first kappa shape index (κ1) is 9.01. The molecule has 0 saturated carbocycles. The number of pyridine rings is 1. The number of aryl methyl sites for hydroxylation is 1. The molecule has 0 fully saturated rings. The van der Waals surface area contributed by atoms with Crippen molar-refractivity contribution in [2.45, 2.75) is 38.5 Å². The minimum atomic E-state index is 0.643. The fraction of sp³-hybridized carbons (Fsp3) is 0.545. The van der Waals surface area contributed by atoms with Crippen LogP contribution in [0, 0.1) is 0 Å². The molecule has 0 aliphatic heterocycles. The van der Waals surface area contributed by atoms with E-state index in [1.165, 1.54) is 30.5 Å². The Morgan fingerprint density at radius 1 is 1.62 bits per heavy atom. The lowest BCUT2D eigenvalue weighted by molar-refractivity contribution is 0.531. The van der Waals surface area contributed by atoms with Crippen molar-refractivity contribution in [2.24, 2.45) is 0 Å². The van der Waals surface area contributed by atoms with Gasteiger partial charge in [0.25, 0.3) is 0 Å². The minimum Gasteiger partial charge on any atom is -0.261 e. The van der Waals surface area contributed by atoms with E-state index in [2.05, 4.69) is 11.9 Å². The van der Waals surface area contributed by atoms with Crippen LogP contribution in [0.15, 0.2) is 12.3 Å². The Labute approximate surface area is 84.1 Å². The molecule has 70 valence electrons. The third-order valence-corrected chi connectivity index (χ3v) is 3.22. The van der Waals surface area contributed by atoms with E-state index in [1.807, 2.05) is 12.3 Å². The van der Waals surface area contributed by atoms with Gasteiger partial charge in [0.1, 0.15) is 0 Å². The lowest BCUT2D eigenvalue weighted by atomic mass is 9.84. The normalized spacial score (nSPS) is 21.2. The van der Waals surface area contributed by atoms with Gasteiger partial charge < -0.3 is 0 Å². The van der Waals surface area contributed by atoms with E-state index >= 15 is 0 Å². The molecule has 1 unspecified atom stereocenters. The first-order valence-electron chi connectivity index (χ1n) is 4.96. The second-order valence-electron chi connectivity index (χ2n) is 3.65. The molecule has 1 atom stereocenters. The van der Waals surface area contributed by atoms with E-state index in [-0.39, 0.29) is 0 Å². The molecule has 2 heteroatoms. The topological polar surface area (TPSA) is 12.9 Å². The third kappa shape index (κ3) is 1.58. The van der Waals surface area contributed by atoms with Crippen LogP contribution < -0.4 is 0 Å². The molecule has 0 amide bonds. The molecule has 0 aromatic carbocycles. The summed E-state index contributed by atoms with van der Waals surface area (Å²) in [6.07, 6.45) is 6.64. The van der Waals surface area contributed by atoms with Crippen LogP contribution in [-0.2, 0) is 6.42 Å². The van der Waals surface area contributed by atoms with E-state index in [0.29, 0.717) is 5.92 Å². The first-order chi connectivity index (χ1) is 6.33. The monoisotopic (exact) mass is 195 g/mol. The van der Waals surface area contributed by atoms with Crippen LogP contribution in [0.25, 0.3) is 0 Å². The van der Waals surface area contributed by atoms with Crippen molar-refractivity contribution < 1.29 is 0 Å². The van der Waals surface area contributed by atoms with Crippen molar-refractivity contribution in [3.8, 4) is 0 Å². The van der Waals surface area contributed by atoms with Gasteiger partial charge in [-0.3, -0.25) is 4.98 Å². The number of halogens is 1. The molecule has 1 nitrogen and oxygen atoms in total. The maximum atomic E-state index is 6.18. The number of hydrogen-bond donors (Lipinski definition) is 0. The van der Waals surface area contributed by atoms with Crippen molar-refractivity contribution in [1.29, 1.82) is 0 Å². The van der Waals surface area contributed by atoms with Crippen molar-refractivity contribution >= 4 is 11.6 Å². The molecule has 0 radical (unpaired) electrons. The quantitative estimate of drug-likeness (QED) is 0.668. The molecule has 0 saturated heterocycles. The fourth-order valence-corrected chi connectivity index (χ4v) is 2.51. The summed E-state index contributed by atoms with van der Waals surface area (Å²) in [7, 11) is 0. The average molecular weight is 196 g/mol. The average Bonchev–Trinajstić information content (AvgIpc) is 2.17. The smallest absolute Gasteiger partial charge is 0.0474 e. The van der Waals surface area contributed by atoms with Gasteiger partial charge in [-0.25, -0.2) is 0 Å². The van der Waals surface area contributed by atoms with Crippen LogP contribution in [0.5, 0.6) is 0 Å². The zero-order valence-electron chi connectivity index (χ0n) is 7.89. The summed E-state index contributed by atoms with van der Waals surface area (Å²) in [5.41, 5.74) is 2.54. The Kier molecular flexibility index (Phi) is 2.54. The maximum absolute atomic E-state index is 6.18. The van der Waals surface area contributed by atoms with Gasteiger partial charge in [0, 0.05) is 16.9 Å². The van der Waals surface area contributed by atoms with Gasteiger partial charge in [-0.15, -0.1) is 0 Å². The van der Waals surface area contributed by atoms with Gasteiger partial charge in [-0.2, -0.15) is 0 Å².